The summed E-state index contributed by atoms with van der Waals surface area (Å²) in [6.07, 6.45) is -0.394. The lowest BCUT2D eigenvalue weighted by Gasteiger charge is -2.41. The van der Waals surface area contributed by atoms with Crippen molar-refractivity contribution in [3.63, 3.8) is 0 Å². The Morgan fingerprint density at radius 3 is 2.02 bits per heavy atom. The predicted molar refractivity (Wildman–Crippen MR) is 233 cm³/mol. The number of carbonyl (C=O) groups is 6. The number of carboxylic acids is 1. The van der Waals surface area contributed by atoms with Gasteiger partial charge in [-0.2, -0.15) is 0 Å². The van der Waals surface area contributed by atoms with Crippen LogP contribution in [0.25, 0.3) is 0 Å². The number of benzene rings is 1. The number of carboxylic acid groups (broad SMARTS) is 1. The monoisotopic (exact) mass is 861 g/mol. The summed E-state index contributed by atoms with van der Waals surface area (Å²) < 4.78 is 11.9. The SMILES string of the molecule is CCC(C)C(C(CC(=O)N1CCC[C@H]1C(OC)C(C)C(=O)NC(C(=O)NCc1ccccc1)C(C)O)OC)N(C)C(=O)C(NC(=O)C(C(C)C)N(C)CCCC(=O)O)C(C)C. The third kappa shape index (κ3) is 15.3. The van der Waals surface area contributed by atoms with Gasteiger partial charge in [-0.25, -0.2) is 0 Å². The number of hydrogen-bond donors (Lipinski definition) is 5. The summed E-state index contributed by atoms with van der Waals surface area (Å²) in [7, 11) is 6.45. The first kappa shape index (κ1) is 53.0. The molecule has 16 heteroatoms. The molecule has 5 N–H and O–H groups in total. The largest absolute Gasteiger partial charge is 0.481 e. The molecule has 10 atom stereocenters. The molecule has 1 aliphatic rings. The zero-order valence-corrected chi connectivity index (χ0v) is 38.7. The Labute approximate surface area is 363 Å². The van der Waals surface area contributed by atoms with Gasteiger partial charge in [0.05, 0.1) is 48.8 Å². The quantitative estimate of drug-likeness (QED) is 0.0916. The van der Waals surface area contributed by atoms with Gasteiger partial charge in [-0.3, -0.25) is 33.7 Å². The maximum Gasteiger partial charge on any atom is 0.303 e. The fourth-order valence-corrected chi connectivity index (χ4v) is 8.49. The van der Waals surface area contributed by atoms with E-state index >= 15 is 0 Å². The second-order valence-corrected chi connectivity index (χ2v) is 17.4. The van der Waals surface area contributed by atoms with Crippen LogP contribution in [0, 0.1) is 23.7 Å². The number of likely N-dealkylation sites (N-methyl/N-ethyl adjacent to an activating group) is 2. The van der Waals surface area contributed by atoms with E-state index in [1.54, 1.807) is 30.8 Å². The van der Waals surface area contributed by atoms with Gasteiger partial charge in [0.15, 0.2) is 0 Å². The molecular formula is C45H76N6O10. The van der Waals surface area contributed by atoms with Crippen LogP contribution in [0.1, 0.15) is 99.5 Å². The van der Waals surface area contributed by atoms with E-state index in [4.69, 9.17) is 14.6 Å². The van der Waals surface area contributed by atoms with Crippen molar-refractivity contribution in [3.05, 3.63) is 35.9 Å². The molecule has 1 aromatic carbocycles. The van der Waals surface area contributed by atoms with Crippen molar-refractivity contribution < 1.29 is 48.5 Å². The fourth-order valence-electron chi connectivity index (χ4n) is 8.49. The minimum atomic E-state index is -1.21. The van der Waals surface area contributed by atoms with Gasteiger partial charge < -0.3 is 45.4 Å². The molecule has 1 aromatic rings. The third-order valence-electron chi connectivity index (χ3n) is 12.1. The van der Waals surface area contributed by atoms with Crippen LogP contribution in [0.5, 0.6) is 0 Å². The van der Waals surface area contributed by atoms with Crippen molar-refractivity contribution in [1.29, 1.82) is 0 Å². The van der Waals surface area contributed by atoms with Gasteiger partial charge in [0, 0.05) is 40.8 Å². The summed E-state index contributed by atoms with van der Waals surface area (Å²) in [6.45, 7) is 15.7. The molecule has 61 heavy (non-hydrogen) atoms. The molecule has 1 saturated heterocycles. The van der Waals surface area contributed by atoms with E-state index in [2.05, 4.69) is 16.0 Å². The van der Waals surface area contributed by atoms with Crippen LogP contribution in [-0.2, 0) is 44.8 Å². The highest BCUT2D eigenvalue weighted by Gasteiger charge is 2.44. The highest BCUT2D eigenvalue weighted by molar-refractivity contribution is 5.91. The number of aliphatic carboxylic acids is 1. The number of aliphatic hydroxyl groups excluding tert-OH is 1. The average Bonchev–Trinajstić information content (AvgIpc) is 3.70. The third-order valence-corrected chi connectivity index (χ3v) is 12.1. The van der Waals surface area contributed by atoms with Crippen LogP contribution < -0.4 is 16.0 Å². The van der Waals surface area contributed by atoms with Crippen molar-refractivity contribution in [2.45, 2.75) is 149 Å². The van der Waals surface area contributed by atoms with Gasteiger partial charge in [0.25, 0.3) is 0 Å². The fraction of sp³-hybridized carbons (Fsp3) is 0.733. The molecule has 0 bridgehead atoms. The summed E-state index contributed by atoms with van der Waals surface area (Å²) >= 11 is 0. The zero-order chi connectivity index (χ0) is 46.1. The summed E-state index contributed by atoms with van der Waals surface area (Å²) in [5, 5.41) is 28.1. The highest BCUT2D eigenvalue weighted by atomic mass is 16.5. The molecule has 0 aromatic heterocycles. The first-order valence-corrected chi connectivity index (χ1v) is 21.9. The topological polar surface area (TPSA) is 207 Å². The summed E-state index contributed by atoms with van der Waals surface area (Å²) in [4.78, 5) is 85.6. The summed E-state index contributed by atoms with van der Waals surface area (Å²) in [5.74, 6) is -4.10. The van der Waals surface area contributed by atoms with Gasteiger partial charge in [-0.15, -0.1) is 0 Å². The Bertz CT molecular complexity index is 1560. The lowest BCUT2D eigenvalue weighted by Crippen LogP contribution is -2.60. The number of likely N-dealkylation sites (tertiary alicyclic amines) is 1. The molecule has 0 aliphatic carbocycles. The van der Waals surface area contributed by atoms with E-state index in [0.29, 0.717) is 38.8 Å². The minimum Gasteiger partial charge on any atom is -0.481 e. The molecule has 1 heterocycles. The predicted octanol–water partition coefficient (Wildman–Crippen LogP) is 3.05. The number of methoxy groups -OCH3 is 2. The molecule has 2 rings (SSSR count). The van der Waals surface area contributed by atoms with Gasteiger partial charge in [-0.05, 0) is 63.1 Å². The van der Waals surface area contributed by atoms with Crippen LogP contribution in [0.3, 0.4) is 0 Å². The summed E-state index contributed by atoms with van der Waals surface area (Å²) in [5.41, 5.74) is 0.866. The van der Waals surface area contributed by atoms with Gasteiger partial charge >= 0.3 is 5.97 Å². The number of aliphatic hydroxyl groups is 1. The molecule has 1 aliphatic heterocycles. The van der Waals surface area contributed by atoms with E-state index in [1.165, 1.54) is 21.1 Å². The van der Waals surface area contributed by atoms with Crippen molar-refractivity contribution in [2.24, 2.45) is 23.7 Å². The lowest BCUT2D eigenvalue weighted by molar-refractivity contribution is -0.148. The Kier molecular flexibility index (Phi) is 22.4. The average molecular weight is 861 g/mol. The van der Waals surface area contributed by atoms with Crippen molar-refractivity contribution >= 4 is 35.5 Å². The normalized spacial score (nSPS) is 18.7. The van der Waals surface area contributed by atoms with Crippen molar-refractivity contribution in [2.75, 3.05) is 41.4 Å². The van der Waals surface area contributed by atoms with E-state index in [0.717, 1.165) is 5.56 Å². The van der Waals surface area contributed by atoms with Crippen molar-refractivity contribution in [1.82, 2.24) is 30.7 Å². The molecule has 1 fully saturated rings. The molecule has 0 radical (unpaired) electrons. The van der Waals surface area contributed by atoms with Crippen LogP contribution >= 0.6 is 0 Å². The molecule has 16 nitrogen and oxygen atoms in total. The Morgan fingerprint density at radius 1 is 0.869 bits per heavy atom. The first-order valence-electron chi connectivity index (χ1n) is 21.9. The molecule has 5 amide bonds. The number of nitrogens with zero attached hydrogens (tertiary/aromatic N) is 3. The first-order chi connectivity index (χ1) is 28.7. The van der Waals surface area contributed by atoms with Gasteiger partial charge in [0.1, 0.15) is 12.1 Å². The van der Waals surface area contributed by atoms with E-state index in [-0.39, 0.29) is 54.9 Å². The van der Waals surface area contributed by atoms with E-state index in [1.807, 2.05) is 76.8 Å². The number of hydrogen-bond acceptors (Lipinski definition) is 10. The molecule has 0 spiro atoms. The second kappa shape index (κ2) is 25.7. The van der Waals surface area contributed by atoms with E-state index < -0.39 is 72.2 Å². The van der Waals surface area contributed by atoms with Gasteiger partial charge in [-0.1, -0.05) is 85.2 Å². The van der Waals surface area contributed by atoms with E-state index in [9.17, 15) is 33.9 Å². The molecule has 346 valence electrons. The Balaban J connectivity index is 2.25. The number of amides is 5. The zero-order valence-electron chi connectivity index (χ0n) is 38.7. The standard InChI is InChI=1S/C45H76N6O10/c1-13-29(6)40(50(10)45(59)37(27(2)3)47-44(58)39(28(4)5)49(9)23-18-22-36(54)55)34(60-11)25-35(53)51-24-17-21-33(51)41(61-12)30(7)42(56)48-38(31(8)52)43(57)46-26-32-19-15-14-16-20-32/h14-16,19-20,27-31,33-34,37-41,52H,13,17-18,21-26H2,1-12H3,(H,46,57)(H,47,58)(H,48,56)(H,54,55)/t29?,30?,31?,33-,34?,37?,38?,39?,40?,41?/m0/s1. The van der Waals surface area contributed by atoms with Gasteiger partial charge in [0.2, 0.25) is 29.5 Å². The maximum atomic E-state index is 14.4. The van der Waals surface area contributed by atoms with Crippen LogP contribution in [0.15, 0.2) is 30.3 Å². The minimum absolute atomic E-state index is 0.0147. The number of carbonyl (C=O) groups excluding carboxylic acids is 5. The maximum absolute atomic E-state index is 14.4. The molecule has 0 saturated carbocycles. The van der Waals surface area contributed by atoms with Crippen LogP contribution in [0.2, 0.25) is 0 Å². The lowest BCUT2D eigenvalue weighted by atomic mass is 9.89. The number of nitrogens with one attached hydrogen (secondary N) is 3. The highest BCUT2D eigenvalue weighted by Crippen LogP contribution is 2.30. The number of ether oxygens (including phenoxy) is 2. The summed E-state index contributed by atoms with van der Waals surface area (Å²) in [6, 6.07) is 5.59. The Morgan fingerprint density at radius 2 is 1.49 bits per heavy atom. The smallest absolute Gasteiger partial charge is 0.303 e. The van der Waals surface area contributed by atoms with Crippen LogP contribution in [0.4, 0.5) is 0 Å². The number of rotatable bonds is 26. The molecule has 9 unspecified atom stereocenters. The Hall–Kier alpha value is -4.12. The molecular weight excluding hydrogens is 785 g/mol. The van der Waals surface area contributed by atoms with Crippen molar-refractivity contribution in [3.8, 4) is 0 Å². The second-order valence-electron chi connectivity index (χ2n) is 17.4. The van der Waals surface area contributed by atoms with Crippen LogP contribution in [-0.4, -0.2) is 150 Å².